The van der Waals surface area contributed by atoms with Crippen molar-refractivity contribution in [3.8, 4) is 0 Å². The normalized spacial score (nSPS) is 22.0. The number of rotatable bonds is 13. The average molecular weight is 420 g/mol. The first-order valence-corrected chi connectivity index (χ1v) is 12.7. The van der Waals surface area contributed by atoms with Crippen molar-refractivity contribution >= 4 is 17.5 Å². The van der Waals surface area contributed by atoms with Crippen LogP contribution in [0.15, 0.2) is 0 Å². The predicted octanol–water partition coefficient (Wildman–Crippen LogP) is 5.52. The summed E-state index contributed by atoms with van der Waals surface area (Å²) in [6.45, 7) is 5.05. The Balaban J connectivity index is 1.70. The number of hydrogen-bond donors (Lipinski definition) is 3. The van der Waals surface area contributed by atoms with E-state index in [1.807, 2.05) is 0 Å². The van der Waals surface area contributed by atoms with Crippen LogP contribution in [0.25, 0.3) is 0 Å². The van der Waals surface area contributed by atoms with Crippen molar-refractivity contribution < 1.29 is 9.59 Å². The van der Waals surface area contributed by atoms with Crippen molar-refractivity contribution in [3.05, 3.63) is 0 Å². The van der Waals surface area contributed by atoms with Crippen molar-refractivity contribution in [2.45, 2.75) is 122 Å². The lowest BCUT2D eigenvalue weighted by Gasteiger charge is -2.28. The second kappa shape index (κ2) is 13.1. The van der Waals surface area contributed by atoms with E-state index >= 15 is 0 Å². The lowest BCUT2D eigenvalue weighted by Crippen LogP contribution is -2.46. The second-order valence-electron chi connectivity index (χ2n) is 9.57. The predicted molar refractivity (Wildman–Crippen MR) is 124 cm³/mol. The van der Waals surface area contributed by atoms with Gasteiger partial charge in [-0.15, -0.1) is 0 Å². The molecular weight excluding hydrogens is 374 g/mol. The zero-order chi connectivity index (χ0) is 21.8. The van der Waals surface area contributed by atoms with Crippen LogP contribution < -0.4 is 10.6 Å². The molecule has 2 aliphatic rings. The first kappa shape index (κ1) is 24.9. The van der Waals surface area contributed by atoms with Gasteiger partial charge in [-0.3, -0.25) is 15.0 Å². The molecule has 3 N–H and O–H groups in total. The third-order valence-corrected chi connectivity index (χ3v) is 7.12. The molecule has 0 spiro atoms. The third-order valence-electron chi connectivity index (χ3n) is 7.12. The molecule has 5 nitrogen and oxygen atoms in total. The van der Waals surface area contributed by atoms with Gasteiger partial charge in [0, 0.05) is 12.5 Å². The van der Waals surface area contributed by atoms with Gasteiger partial charge >= 0.3 is 0 Å². The maximum Gasteiger partial charge on any atom is 0.223 e. The molecule has 2 fully saturated rings. The molecule has 0 aromatic heterocycles. The molecule has 1 aliphatic heterocycles. The largest absolute Gasteiger partial charge is 0.361 e. The van der Waals surface area contributed by atoms with Gasteiger partial charge in [-0.2, -0.15) is 0 Å². The molecule has 1 amide bonds. The summed E-state index contributed by atoms with van der Waals surface area (Å²) in [5.74, 6) is 0.907. The van der Waals surface area contributed by atoms with E-state index in [1.165, 1.54) is 25.7 Å². The van der Waals surface area contributed by atoms with Crippen LogP contribution in [0.5, 0.6) is 0 Å². The minimum absolute atomic E-state index is 0.217. The number of ketones is 1. The molecule has 1 heterocycles. The van der Waals surface area contributed by atoms with E-state index in [4.69, 9.17) is 5.41 Å². The van der Waals surface area contributed by atoms with Gasteiger partial charge in [-0.05, 0) is 38.5 Å². The standard InChI is InChI=1S/C25H45N3O2/c1-3-5-17-25(18-6-4-2)22(29)21(23(26)28-25)16-12-9-13-19-27-24(30)20-14-10-7-8-11-15-20/h20-21H,3-19H2,1-2H3,(H2,26,28)(H,27,30). The summed E-state index contributed by atoms with van der Waals surface area (Å²) in [6, 6.07) is 0. The summed E-state index contributed by atoms with van der Waals surface area (Å²) >= 11 is 0. The van der Waals surface area contributed by atoms with Crippen molar-refractivity contribution in [3.63, 3.8) is 0 Å². The molecule has 5 heteroatoms. The molecule has 1 unspecified atom stereocenters. The summed E-state index contributed by atoms with van der Waals surface area (Å²) < 4.78 is 0. The Morgan fingerprint density at radius 1 is 1.00 bits per heavy atom. The smallest absolute Gasteiger partial charge is 0.223 e. The van der Waals surface area contributed by atoms with Crippen molar-refractivity contribution in [1.29, 1.82) is 5.41 Å². The van der Waals surface area contributed by atoms with Crippen molar-refractivity contribution in [1.82, 2.24) is 10.6 Å². The molecule has 0 aromatic rings. The van der Waals surface area contributed by atoms with E-state index in [2.05, 4.69) is 24.5 Å². The van der Waals surface area contributed by atoms with Crippen LogP contribution >= 0.6 is 0 Å². The Bertz CT molecular complexity index is 545. The molecule has 2 rings (SSSR count). The SMILES string of the molecule is CCCCC1(CCCC)NC(=N)C(CCCCCNC(=O)C2CCCCCC2)C1=O. The highest BCUT2D eigenvalue weighted by Crippen LogP contribution is 2.33. The number of Topliss-reactive ketones (excluding diaryl/α,β-unsaturated/α-hetero) is 1. The van der Waals surface area contributed by atoms with Gasteiger partial charge in [0.15, 0.2) is 5.78 Å². The van der Waals surface area contributed by atoms with Crippen LogP contribution in [-0.2, 0) is 9.59 Å². The Labute approximate surface area is 184 Å². The fourth-order valence-corrected chi connectivity index (χ4v) is 5.15. The highest BCUT2D eigenvalue weighted by molar-refractivity contribution is 6.13. The molecule has 0 aromatic carbocycles. The zero-order valence-corrected chi connectivity index (χ0v) is 19.5. The van der Waals surface area contributed by atoms with Gasteiger partial charge in [0.1, 0.15) is 5.84 Å². The molecule has 1 aliphatic carbocycles. The highest BCUT2D eigenvalue weighted by Gasteiger charge is 2.48. The molecule has 1 saturated heterocycles. The topological polar surface area (TPSA) is 82.1 Å². The Kier molecular flexibility index (Phi) is 10.9. The van der Waals surface area contributed by atoms with Crippen LogP contribution in [0.4, 0.5) is 0 Å². The monoisotopic (exact) mass is 419 g/mol. The molecule has 172 valence electrons. The van der Waals surface area contributed by atoms with Crippen molar-refractivity contribution in [2.75, 3.05) is 6.54 Å². The number of carbonyl (C=O) groups excluding carboxylic acids is 2. The van der Waals surface area contributed by atoms with Crippen LogP contribution in [0.3, 0.4) is 0 Å². The third kappa shape index (κ3) is 7.09. The molecule has 0 bridgehead atoms. The minimum atomic E-state index is -0.486. The summed E-state index contributed by atoms with van der Waals surface area (Å²) in [4.78, 5) is 25.5. The first-order valence-electron chi connectivity index (χ1n) is 12.7. The highest BCUT2D eigenvalue weighted by atomic mass is 16.2. The van der Waals surface area contributed by atoms with Gasteiger partial charge in [0.2, 0.25) is 5.91 Å². The van der Waals surface area contributed by atoms with E-state index in [1.54, 1.807) is 0 Å². The van der Waals surface area contributed by atoms with Gasteiger partial charge < -0.3 is 10.6 Å². The van der Waals surface area contributed by atoms with Gasteiger partial charge in [-0.1, -0.05) is 78.1 Å². The summed E-state index contributed by atoms with van der Waals surface area (Å²) in [5, 5.41) is 14.8. The summed E-state index contributed by atoms with van der Waals surface area (Å²) in [6.07, 6.45) is 16.6. The first-order chi connectivity index (χ1) is 14.5. The number of carbonyl (C=O) groups is 2. The maximum atomic E-state index is 13.2. The van der Waals surface area contributed by atoms with Crippen LogP contribution in [-0.4, -0.2) is 29.6 Å². The van der Waals surface area contributed by atoms with Gasteiger partial charge in [0.05, 0.1) is 11.5 Å². The number of unbranched alkanes of at least 4 members (excludes halogenated alkanes) is 4. The Morgan fingerprint density at radius 3 is 2.23 bits per heavy atom. The summed E-state index contributed by atoms with van der Waals surface area (Å²) in [5.41, 5.74) is -0.486. The molecule has 0 radical (unpaired) electrons. The lowest BCUT2D eigenvalue weighted by molar-refractivity contribution is -0.126. The number of hydrogen-bond acceptors (Lipinski definition) is 3. The summed E-state index contributed by atoms with van der Waals surface area (Å²) in [7, 11) is 0. The number of amides is 1. The number of nitrogens with one attached hydrogen (secondary N) is 3. The van der Waals surface area contributed by atoms with Gasteiger partial charge in [0.25, 0.3) is 0 Å². The van der Waals surface area contributed by atoms with E-state index in [9.17, 15) is 9.59 Å². The van der Waals surface area contributed by atoms with E-state index in [-0.39, 0.29) is 23.5 Å². The zero-order valence-electron chi connectivity index (χ0n) is 19.5. The molecule has 30 heavy (non-hydrogen) atoms. The maximum absolute atomic E-state index is 13.2. The van der Waals surface area contributed by atoms with Crippen molar-refractivity contribution in [2.24, 2.45) is 11.8 Å². The van der Waals surface area contributed by atoms with Gasteiger partial charge in [-0.25, -0.2) is 0 Å². The average Bonchev–Trinajstić information content (AvgIpc) is 2.93. The van der Waals surface area contributed by atoms with Crippen LogP contribution in [0.1, 0.15) is 117 Å². The fraction of sp³-hybridized carbons (Fsp3) is 0.880. The molecule has 1 atom stereocenters. The van der Waals surface area contributed by atoms with Crippen LogP contribution in [0.2, 0.25) is 0 Å². The number of amidine groups is 1. The van der Waals surface area contributed by atoms with E-state index in [0.29, 0.717) is 5.84 Å². The minimum Gasteiger partial charge on any atom is -0.361 e. The van der Waals surface area contributed by atoms with E-state index < -0.39 is 5.54 Å². The lowest BCUT2D eigenvalue weighted by atomic mass is 9.81. The van der Waals surface area contributed by atoms with Crippen LogP contribution in [0, 0.1) is 17.2 Å². The molecular formula is C25H45N3O2. The Hall–Kier alpha value is -1.39. The fourth-order valence-electron chi connectivity index (χ4n) is 5.15. The quantitative estimate of drug-likeness (QED) is 0.271. The Morgan fingerprint density at radius 2 is 1.63 bits per heavy atom. The second-order valence-corrected chi connectivity index (χ2v) is 9.57. The van der Waals surface area contributed by atoms with E-state index in [0.717, 1.165) is 83.6 Å². The molecule has 1 saturated carbocycles.